The highest BCUT2D eigenvalue weighted by Gasteiger charge is 2.53. The average Bonchev–Trinajstić information content (AvgIpc) is 2.91. The second-order valence-electron chi connectivity index (χ2n) is 8.71. The van der Waals surface area contributed by atoms with Crippen LogP contribution in [0.1, 0.15) is 51.6 Å². The standard InChI is InChI=1S/C26H20ClF5N2O3/c1-25(37)20-12-15(27)4-9-21(20)34(11-10-26(25,31)32)24(36)14-2-6-17(7-3-14)33-23(35)19-13-16(28)5-8-18(19)22(29)30/h2-9,12-13,22,37H,10-11H2,1H3,(H,33,35)/t25-/m1/s1. The number of carbonyl (C=O) groups is 2. The van der Waals surface area contributed by atoms with E-state index in [1.807, 2.05) is 0 Å². The fourth-order valence-corrected chi connectivity index (χ4v) is 4.30. The Morgan fingerprint density at radius 1 is 1.05 bits per heavy atom. The lowest BCUT2D eigenvalue weighted by atomic mass is 9.87. The van der Waals surface area contributed by atoms with E-state index in [1.165, 1.54) is 42.5 Å². The molecule has 0 saturated heterocycles. The van der Waals surface area contributed by atoms with Crippen LogP contribution in [0.5, 0.6) is 0 Å². The van der Waals surface area contributed by atoms with Gasteiger partial charge >= 0.3 is 0 Å². The van der Waals surface area contributed by atoms with Gasteiger partial charge in [-0.1, -0.05) is 11.6 Å². The van der Waals surface area contributed by atoms with Gasteiger partial charge in [0.25, 0.3) is 24.2 Å². The lowest BCUT2D eigenvalue weighted by molar-refractivity contribution is -0.177. The van der Waals surface area contributed by atoms with Gasteiger partial charge in [-0.25, -0.2) is 22.0 Å². The maximum Gasteiger partial charge on any atom is 0.281 e. The molecule has 3 aromatic rings. The zero-order valence-corrected chi connectivity index (χ0v) is 20.0. The van der Waals surface area contributed by atoms with E-state index in [4.69, 9.17) is 11.6 Å². The van der Waals surface area contributed by atoms with Crippen molar-refractivity contribution < 1.29 is 36.6 Å². The maximum absolute atomic E-state index is 14.8. The summed E-state index contributed by atoms with van der Waals surface area (Å²) in [7, 11) is 0. The number of aliphatic hydroxyl groups is 1. The average molecular weight is 539 g/mol. The molecule has 4 rings (SSSR count). The molecular weight excluding hydrogens is 519 g/mol. The summed E-state index contributed by atoms with van der Waals surface area (Å²) in [4.78, 5) is 26.9. The number of hydrogen-bond acceptors (Lipinski definition) is 3. The molecule has 1 aliphatic heterocycles. The fourth-order valence-electron chi connectivity index (χ4n) is 4.12. The van der Waals surface area contributed by atoms with Gasteiger partial charge in [-0.15, -0.1) is 0 Å². The predicted molar refractivity (Wildman–Crippen MR) is 128 cm³/mol. The molecule has 0 aromatic heterocycles. The minimum absolute atomic E-state index is 0.0691. The molecule has 0 radical (unpaired) electrons. The summed E-state index contributed by atoms with van der Waals surface area (Å²) in [6.45, 7) is 0.566. The molecule has 0 spiro atoms. The van der Waals surface area contributed by atoms with Gasteiger partial charge in [-0.2, -0.15) is 0 Å². The zero-order chi connectivity index (χ0) is 27.1. The molecule has 0 saturated carbocycles. The highest BCUT2D eigenvalue weighted by molar-refractivity contribution is 6.30. The third kappa shape index (κ3) is 5.03. The van der Waals surface area contributed by atoms with Gasteiger partial charge in [-0.05, 0) is 67.6 Å². The van der Waals surface area contributed by atoms with Crippen molar-refractivity contribution >= 4 is 34.8 Å². The smallest absolute Gasteiger partial charge is 0.281 e. The number of carbonyl (C=O) groups excluding carboxylic acids is 2. The van der Waals surface area contributed by atoms with Crippen LogP contribution >= 0.6 is 11.6 Å². The normalized spacial score (nSPS) is 18.8. The van der Waals surface area contributed by atoms with E-state index >= 15 is 0 Å². The Kier molecular flexibility index (Phi) is 7.00. The van der Waals surface area contributed by atoms with E-state index in [2.05, 4.69) is 5.32 Å². The number of fused-ring (bicyclic) bond motifs is 1. The first kappa shape index (κ1) is 26.6. The summed E-state index contributed by atoms with van der Waals surface area (Å²) in [6, 6.07) is 11.6. The van der Waals surface area contributed by atoms with Crippen molar-refractivity contribution in [2.45, 2.75) is 31.3 Å². The quantitative estimate of drug-likeness (QED) is 0.370. The highest BCUT2D eigenvalue weighted by Crippen LogP contribution is 2.47. The van der Waals surface area contributed by atoms with E-state index in [1.54, 1.807) is 0 Å². The van der Waals surface area contributed by atoms with Crippen LogP contribution < -0.4 is 10.2 Å². The summed E-state index contributed by atoms with van der Waals surface area (Å²) in [5.74, 6) is -6.04. The number of nitrogens with zero attached hydrogens (tertiary/aromatic N) is 1. The third-order valence-electron chi connectivity index (χ3n) is 6.27. The summed E-state index contributed by atoms with van der Waals surface area (Å²) in [5.41, 5.74) is -3.69. The van der Waals surface area contributed by atoms with Gasteiger partial charge in [0.05, 0.1) is 11.3 Å². The SMILES string of the molecule is C[C@@]1(O)c2cc(Cl)ccc2N(C(=O)c2ccc(NC(=O)c3cc(F)ccc3C(F)F)cc2)CCC1(F)F. The number of halogens is 6. The van der Waals surface area contributed by atoms with Gasteiger partial charge < -0.3 is 15.3 Å². The zero-order valence-electron chi connectivity index (χ0n) is 19.2. The minimum Gasteiger partial charge on any atom is -0.379 e. The number of anilines is 2. The van der Waals surface area contributed by atoms with Gasteiger partial charge in [0, 0.05) is 40.4 Å². The molecule has 1 heterocycles. The summed E-state index contributed by atoms with van der Waals surface area (Å²) < 4.78 is 69.5. The van der Waals surface area contributed by atoms with Crippen molar-refractivity contribution in [2.24, 2.45) is 0 Å². The molecule has 2 N–H and O–H groups in total. The van der Waals surface area contributed by atoms with Crippen LogP contribution in [0.2, 0.25) is 5.02 Å². The van der Waals surface area contributed by atoms with E-state index in [0.717, 1.165) is 24.0 Å². The molecule has 1 atom stereocenters. The molecule has 37 heavy (non-hydrogen) atoms. The van der Waals surface area contributed by atoms with Crippen molar-refractivity contribution in [3.63, 3.8) is 0 Å². The van der Waals surface area contributed by atoms with Gasteiger partial charge in [0.15, 0.2) is 5.60 Å². The number of nitrogens with one attached hydrogen (secondary N) is 1. The van der Waals surface area contributed by atoms with Crippen LogP contribution in [-0.2, 0) is 5.60 Å². The first-order valence-corrected chi connectivity index (χ1v) is 11.4. The second kappa shape index (κ2) is 9.75. The Balaban J connectivity index is 1.60. The van der Waals surface area contributed by atoms with Crippen molar-refractivity contribution in [2.75, 3.05) is 16.8 Å². The Bertz CT molecular complexity index is 1360. The predicted octanol–water partition coefficient (Wildman–Crippen LogP) is 6.56. The third-order valence-corrected chi connectivity index (χ3v) is 6.50. The topological polar surface area (TPSA) is 69.6 Å². The molecule has 194 valence electrons. The van der Waals surface area contributed by atoms with Crippen molar-refractivity contribution in [3.05, 3.63) is 93.8 Å². The summed E-state index contributed by atoms with van der Waals surface area (Å²) in [5, 5.41) is 13.1. The number of rotatable bonds is 4. The number of hydrogen-bond donors (Lipinski definition) is 2. The fraction of sp³-hybridized carbons (Fsp3) is 0.231. The van der Waals surface area contributed by atoms with E-state index in [-0.39, 0.29) is 27.5 Å². The number of benzene rings is 3. The highest BCUT2D eigenvalue weighted by atomic mass is 35.5. The van der Waals surface area contributed by atoms with Crippen LogP contribution in [-0.4, -0.2) is 29.4 Å². The molecular formula is C26H20ClF5N2O3. The van der Waals surface area contributed by atoms with E-state index in [9.17, 15) is 36.6 Å². The molecule has 5 nitrogen and oxygen atoms in total. The van der Waals surface area contributed by atoms with E-state index in [0.29, 0.717) is 6.07 Å². The van der Waals surface area contributed by atoms with Gasteiger partial charge in [-0.3, -0.25) is 9.59 Å². The van der Waals surface area contributed by atoms with Crippen molar-refractivity contribution in [1.29, 1.82) is 0 Å². The van der Waals surface area contributed by atoms with Crippen LogP contribution in [0, 0.1) is 5.82 Å². The Morgan fingerprint density at radius 3 is 2.38 bits per heavy atom. The lowest BCUT2D eigenvalue weighted by Crippen LogP contribution is -2.42. The Labute approximate surface area is 213 Å². The largest absolute Gasteiger partial charge is 0.379 e. The molecule has 1 aliphatic rings. The minimum atomic E-state index is -3.55. The first-order chi connectivity index (χ1) is 17.3. The molecule has 2 amide bonds. The lowest BCUT2D eigenvalue weighted by Gasteiger charge is -2.32. The molecule has 0 fully saturated rings. The molecule has 3 aromatic carbocycles. The number of amides is 2. The van der Waals surface area contributed by atoms with Crippen LogP contribution in [0.25, 0.3) is 0 Å². The molecule has 0 aliphatic carbocycles. The van der Waals surface area contributed by atoms with Crippen molar-refractivity contribution in [1.82, 2.24) is 0 Å². The van der Waals surface area contributed by atoms with Crippen LogP contribution in [0.3, 0.4) is 0 Å². The van der Waals surface area contributed by atoms with Crippen LogP contribution in [0.15, 0.2) is 60.7 Å². The molecule has 0 unspecified atom stereocenters. The summed E-state index contributed by atoms with van der Waals surface area (Å²) in [6.07, 6.45) is -3.81. The second-order valence-corrected chi connectivity index (χ2v) is 9.15. The maximum atomic E-state index is 14.8. The molecule has 11 heteroatoms. The summed E-state index contributed by atoms with van der Waals surface area (Å²) >= 11 is 5.98. The van der Waals surface area contributed by atoms with Gasteiger partial charge in [0.2, 0.25) is 0 Å². The monoisotopic (exact) mass is 538 g/mol. The van der Waals surface area contributed by atoms with Crippen molar-refractivity contribution in [3.8, 4) is 0 Å². The Morgan fingerprint density at radius 2 is 1.73 bits per heavy atom. The molecule has 0 bridgehead atoms. The first-order valence-electron chi connectivity index (χ1n) is 11.0. The van der Waals surface area contributed by atoms with E-state index < -0.39 is 59.7 Å². The van der Waals surface area contributed by atoms with Crippen LogP contribution in [0.4, 0.5) is 33.3 Å². The number of alkyl halides is 4. The Hall–Kier alpha value is -3.50. The van der Waals surface area contributed by atoms with Gasteiger partial charge in [0.1, 0.15) is 5.82 Å².